The molecule has 0 atom stereocenters. The number of aromatic nitrogens is 2. The molecule has 5 heteroatoms. The van der Waals surface area contributed by atoms with Crippen LogP contribution >= 0.6 is 0 Å². The normalized spacial score (nSPS) is 10.8. The summed E-state index contributed by atoms with van der Waals surface area (Å²) >= 11 is 0. The third-order valence-corrected chi connectivity index (χ3v) is 3.45. The van der Waals surface area contributed by atoms with Gasteiger partial charge in [0.2, 0.25) is 0 Å². The summed E-state index contributed by atoms with van der Waals surface area (Å²) in [5.74, 6) is 2.15. The number of hydrogen-bond acceptors (Lipinski definition) is 4. The molecular formula is C16H17N3O2. The monoisotopic (exact) mass is 283 g/mol. The van der Waals surface area contributed by atoms with Crippen molar-refractivity contribution < 1.29 is 9.47 Å². The first-order valence-corrected chi connectivity index (χ1v) is 6.67. The number of aromatic amines is 1. The number of rotatable bonds is 4. The third kappa shape index (κ3) is 2.32. The zero-order valence-corrected chi connectivity index (χ0v) is 12.0. The van der Waals surface area contributed by atoms with Crippen molar-refractivity contribution in [1.82, 2.24) is 9.97 Å². The van der Waals surface area contributed by atoms with Crippen LogP contribution in [0.4, 0.5) is 0 Å². The van der Waals surface area contributed by atoms with Gasteiger partial charge in [-0.3, -0.25) is 0 Å². The van der Waals surface area contributed by atoms with Gasteiger partial charge in [0.15, 0.2) is 0 Å². The fourth-order valence-corrected chi connectivity index (χ4v) is 2.39. The largest absolute Gasteiger partial charge is 0.496 e. The van der Waals surface area contributed by atoms with E-state index in [0.717, 1.165) is 22.2 Å². The lowest BCUT2D eigenvalue weighted by Gasteiger charge is -2.10. The van der Waals surface area contributed by atoms with Crippen LogP contribution in [-0.4, -0.2) is 24.2 Å². The molecule has 3 rings (SSSR count). The van der Waals surface area contributed by atoms with E-state index in [4.69, 9.17) is 15.2 Å². The first kappa shape index (κ1) is 13.5. The third-order valence-electron chi connectivity index (χ3n) is 3.45. The van der Waals surface area contributed by atoms with Gasteiger partial charge in [-0.05, 0) is 29.8 Å². The van der Waals surface area contributed by atoms with Gasteiger partial charge in [0.05, 0.1) is 25.3 Å². The van der Waals surface area contributed by atoms with Crippen molar-refractivity contribution in [3.05, 3.63) is 42.0 Å². The van der Waals surface area contributed by atoms with E-state index in [0.29, 0.717) is 23.9 Å². The van der Waals surface area contributed by atoms with Crippen molar-refractivity contribution in [2.24, 2.45) is 5.73 Å². The number of nitrogens with one attached hydrogen (secondary N) is 1. The van der Waals surface area contributed by atoms with Crippen molar-refractivity contribution in [2.45, 2.75) is 6.54 Å². The van der Waals surface area contributed by atoms with Crippen molar-refractivity contribution in [2.75, 3.05) is 14.2 Å². The molecule has 0 saturated heterocycles. The average Bonchev–Trinajstić information content (AvgIpc) is 2.96. The summed E-state index contributed by atoms with van der Waals surface area (Å²) < 4.78 is 10.8. The highest BCUT2D eigenvalue weighted by Crippen LogP contribution is 2.37. The standard InChI is InChI=1S/C16H17N3O2/c1-20-13-4-3-5-14(21-2)15(13)16-18-11-7-6-10(9-17)8-12(11)19-16/h3-8H,9,17H2,1-2H3,(H,18,19). The van der Waals surface area contributed by atoms with Crippen LogP contribution in [0.15, 0.2) is 36.4 Å². The predicted octanol–water partition coefficient (Wildman–Crippen LogP) is 2.71. The summed E-state index contributed by atoms with van der Waals surface area (Å²) in [7, 11) is 3.26. The van der Waals surface area contributed by atoms with Gasteiger partial charge >= 0.3 is 0 Å². The van der Waals surface area contributed by atoms with Crippen LogP contribution in [0.1, 0.15) is 5.56 Å². The van der Waals surface area contributed by atoms with E-state index in [1.165, 1.54) is 0 Å². The Morgan fingerprint density at radius 3 is 2.43 bits per heavy atom. The molecule has 1 aromatic heterocycles. The van der Waals surface area contributed by atoms with Crippen molar-refractivity contribution >= 4 is 11.0 Å². The lowest BCUT2D eigenvalue weighted by Crippen LogP contribution is -1.95. The summed E-state index contributed by atoms with van der Waals surface area (Å²) in [4.78, 5) is 7.93. The fraction of sp³-hybridized carbons (Fsp3) is 0.188. The van der Waals surface area contributed by atoms with Gasteiger partial charge in [0, 0.05) is 6.54 Å². The van der Waals surface area contributed by atoms with Crippen LogP contribution < -0.4 is 15.2 Å². The van der Waals surface area contributed by atoms with Crippen molar-refractivity contribution in [3.8, 4) is 22.9 Å². The van der Waals surface area contributed by atoms with Gasteiger partial charge in [-0.2, -0.15) is 0 Å². The molecule has 3 N–H and O–H groups in total. The first-order valence-electron chi connectivity index (χ1n) is 6.67. The number of benzene rings is 2. The van der Waals surface area contributed by atoms with Crippen molar-refractivity contribution in [1.29, 1.82) is 0 Å². The molecule has 21 heavy (non-hydrogen) atoms. The molecule has 2 aromatic carbocycles. The molecule has 108 valence electrons. The molecule has 0 fully saturated rings. The van der Waals surface area contributed by atoms with E-state index in [1.807, 2.05) is 36.4 Å². The Labute approximate surface area is 122 Å². The molecule has 1 heterocycles. The van der Waals surface area contributed by atoms with Gasteiger partial charge < -0.3 is 20.2 Å². The number of imidazole rings is 1. The number of H-pyrrole nitrogens is 1. The summed E-state index contributed by atoms with van der Waals surface area (Å²) in [5.41, 5.74) is 9.38. The highest BCUT2D eigenvalue weighted by atomic mass is 16.5. The second-order valence-electron chi connectivity index (χ2n) is 4.68. The molecule has 0 aliphatic carbocycles. The summed E-state index contributed by atoms with van der Waals surface area (Å²) in [6.07, 6.45) is 0. The summed E-state index contributed by atoms with van der Waals surface area (Å²) in [6, 6.07) is 11.6. The molecule has 0 spiro atoms. The van der Waals surface area contributed by atoms with E-state index in [9.17, 15) is 0 Å². The second kappa shape index (κ2) is 5.46. The topological polar surface area (TPSA) is 73.2 Å². The van der Waals surface area contributed by atoms with E-state index in [-0.39, 0.29) is 0 Å². The van der Waals surface area contributed by atoms with Gasteiger partial charge in [-0.1, -0.05) is 12.1 Å². The van der Waals surface area contributed by atoms with Gasteiger partial charge in [0.1, 0.15) is 22.9 Å². The molecule has 0 aliphatic heterocycles. The Kier molecular flexibility index (Phi) is 3.50. The number of nitrogens with two attached hydrogens (primary N) is 1. The van der Waals surface area contributed by atoms with Crippen LogP contribution in [-0.2, 0) is 6.54 Å². The second-order valence-corrected chi connectivity index (χ2v) is 4.68. The number of nitrogens with zero attached hydrogens (tertiary/aromatic N) is 1. The highest BCUT2D eigenvalue weighted by molar-refractivity contribution is 5.83. The Hall–Kier alpha value is -2.53. The predicted molar refractivity (Wildman–Crippen MR) is 82.5 cm³/mol. The maximum atomic E-state index is 5.68. The Balaban J connectivity index is 2.20. The van der Waals surface area contributed by atoms with E-state index in [2.05, 4.69) is 9.97 Å². The SMILES string of the molecule is COc1cccc(OC)c1-c1nc2ccc(CN)cc2[nH]1. The van der Waals surface area contributed by atoms with Gasteiger partial charge in [0.25, 0.3) is 0 Å². The number of ether oxygens (including phenoxy) is 2. The highest BCUT2D eigenvalue weighted by Gasteiger charge is 2.16. The van der Waals surface area contributed by atoms with Crippen LogP contribution in [0.3, 0.4) is 0 Å². The summed E-state index contributed by atoms with van der Waals surface area (Å²) in [5, 5.41) is 0. The average molecular weight is 283 g/mol. The Morgan fingerprint density at radius 1 is 1.10 bits per heavy atom. The smallest absolute Gasteiger partial charge is 0.146 e. The zero-order valence-electron chi connectivity index (χ0n) is 12.0. The lowest BCUT2D eigenvalue weighted by atomic mass is 10.1. The van der Waals surface area contributed by atoms with Crippen LogP contribution in [0, 0.1) is 0 Å². The molecule has 0 saturated carbocycles. The molecular weight excluding hydrogens is 266 g/mol. The molecule has 0 bridgehead atoms. The fourth-order valence-electron chi connectivity index (χ4n) is 2.39. The molecule has 0 aliphatic rings. The van der Waals surface area contributed by atoms with Crippen LogP contribution in [0.2, 0.25) is 0 Å². The molecule has 0 unspecified atom stereocenters. The van der Waals surface area contributed by atoms with Crippen LogP contribution in [0.5, 0.6) is 11.5 Å². The molecule has 3 aromatic rings. The van der Waals surface area contributed by atoms with Crippen molar-refractivity contribution in [3.63, 3.8) is 0 Å². The minimum Gasteiger partial charge on any atom is -0.496 e. The lowest BCUT2D eigenvalue weighted by molar-refractivity contribution is 0.397. The minimum absolute atomic E-state index is 0.502. The van der Waals surface area contributed by atoms with E-state index < -0.39 is 0 Å². The minimum atomic E-state index is 0.502. The first-order chi connectivity index (χ1) is 10.3. The molecule has 0 amide bonds. The zero-order chi connectivity index (χ0) is 14.8. The van der Waals surface area contributed by atoms with E-state index in [1.54, 1.807) is 14.2 Å². The molecule has 0 radical (unpaired) electrons. The molecule has 5 nitrogen and oxygen atoms in total. The quantitative estimate of drug-likeness (QED) is 0.772. The van der Waals surface area contributed by atoms with Gasteiger partial charge in [-0.25, -0.2) is 4.98 Å². The Morgan fingerprint density at radius 2 is 1.81 bits per heavy atom. The van der Waals surface area contributed by atoms with Gasteiger partial charge in [-0.15, -0.1) is 0 Å². The maximum absolute atomic E-state index is 5.68. The van der Waals surface area contributed by atoms with E-state index >= 15 is 0 Å². The Bertz CT molecular complexity index is 758. The maximum Gasteiger partial charge on any atom is 0.146 e. The number of fused-ring (bicyclic) bond motifs is 1. The summed E-state index contributed by atoms with van der Waals surface area (Å²) in [6.45, 7) is 0.502. The van der Waals surface area contributed by atoms with Crippen LogP contribution in [0.25, 0.3) is 22.4 Å². The number of hydrogen-bond donors (Lipinski definition) is 2. The number of methoxy groups -OCH3 is 2.